The Morgan fingerprint density at radius 1 is 1.13 bits per heavy atom. The van der Waals surface area contributed by atoms with Gasteiger partial charge in [0.05, 0.1) is 10.7 Å². The van der Waals surface area contributed by atoms with Crippen molar-refractivity contribution in [3.05, 3.63) is 75.5 Å². The minimum atomic E-state index is 0.388. The van der Waals surface area contributed by atoms with Gasteiger partial charge in [-0.25, -0.2) is 4.98 Å². The van der Waals surface area contributed by atoms with E-state index >= 15 is 0 Å². The second-order valence-electron chi connectivity index (χ2n) is 7.11. The molecule has 0 radical (unpaired) electrons. The van der Waals surface area contributed by atoms with Crippen LogP contribution in [0.5, 0.6) is 5.75 Å². The summed E-state index contributed by atoms with van der Waals surface area (Å²) in [6.45, 7) is 7.39. The summed E-state index contributed by atoms with van der Waals surface area (Å²) in [4.78, 5) is 4.74. The molecule has 0 amide bonds. The highest BCUT2D eigenvalue weighted by Crippen LogP contribution is 2.32. The van der Waals surface area contributed by atoms with Crippen molar-refractivity contribution in [1.82, 2.24) is 19.7 Å². The molecule has 0 aliphatic carbocycles. The third-order valence-electron chi connectivity index (χ3n) is 4.80. The van der Waals surface area contributed by atoms with Crippen molar-refractivity contribution in [1.29, 1.82) is 0 Å². The summed E-state index contributed by atoms with van der Waals surface area (Å²) in [5.74, 6) is 2.41. The lowest BCUT2D eigenvalue weighted by Crippen LogP contribution is -2.07. The standard InChI is InChI=1S/C23H23ClN4OS2/c1-4-28-21(12-29-20-10-9-15(2)11-16(20)3)26-27-23(28)31-14-17-13-30-22(25-17)18-7-5-6-8-19(18)24/h5-11,13H,4,12,14H2,1-3H3. The van der Waals surface area contributed by atoms with Gasteiger partial charge in [0, 0.05) is 23.2 Å². The number of nitrogens with zero attached hydrogens (tertiary/aromatic N) is 4. The van der Waals surface area contributed by atoms with Gasteiger partial charge in [-0.15, -0.1) is 21.5 Å². The Kier molecular flexibility index (Phi) is 6.95. The van der Waals surface area contributed by atoms with Gasteiger partial charge in [0.1, 0.15) is 17.4 Å². The van der Waals surface area contributed by atoms with Crippen LogP contribution in [0.3, 0.4) is 0 Å². The van der Waals surface area contributed by atoms with Crippen LogP contribution < -0.4 is 4.74 Å². The van der Waals surface area contributed by atoms with Gasteiger partial charge >= 0.3 is 0 Å². The third-order valence-corrected chi connectivity index (χ3v) is 7.06. The van der Waals surface area contributed by atoms with Gasteiger partial charge in [0.2, 0.25) is 0 Å². The third kappa shape index (κ3) is 5.11. The van der Waals surface area contributed by atoms with Gasteiger partial charge in [0.15, 0.2) is 11.0 Å². The molecular formula is C23H23ClN4OS2. The molecule has 5 nitrogen and oxygen atoms in total. The Bertz CT molecular complexity index is 1190. The molecule has 0 saturated heterocycles. The zero-order valence-electron chi connectivity index (χ0n) is 17.6. The predicted molar refractivity (Wildman–Crippen MR) is 128 cm³/mol. The van der Waals surface area contributed by atoms with E-state index in [-0.39, 0.29) is 0 Å². The van der Waals surface area contributed by atoms with Crippen molar-refractivity contribution in [2.45, 2.75) is 44.8 Å². The Morgan fingerprint density at radius 2 is 1.97 bits per heavy atom. The van der Waals surface area contributed by atoms with Crippen molar-refractivity contribution in [3.8, 4) is 16.3 Å². The van der Waals surface area contributed by atoms with Crippen LogP contribution in [0.1, 0.15) is 29.6 Å². The first-order chi connectivity index (χ1) is 15.0. The van der Waals surface area contributed by atoms with Crippen LogP contribution in [0.4, 0.5) is 0 Å². The Labute approximate surface area is 195 Å². The zero-order chi connectivity index (χ0) is 21.8. The molecule has 0 saturated carbocycles. The minimum absolute atomic E-state index is 0.388. The van der Waals surface area contributed by atoms with Gasteiger partial charge in [-0.3, -0.25) is 0 Å². The molecule has 4 rings (SSSR count). The van der Waals surface area contributed by atoms with E-state index in [9.17, 15) is 0 Å². The molecule has 2 aromatic carbocycles. The van der Waals surface area contributed by atoms with E-state index in [0.29, 0.717) is 6.61 Å². The highest BCUT2D eigenvalue weighted by Gasteiger charge is 2.14. The van der Waals surface area contributed by atoms with Crippen molar-refractivity contribution in [2.24, 2.45) is 0 Å². The molecule has 0 unspecified atom stereocenters. The summed E-state index contributed by atoms with van der Waals surface area (Å²) in [7, 11) is 0. The van der Waals surface area contributed by atoms with Gasteiger partial charge in [0.25, 0.3) is 0 Å². The van der Waals surface area contributed by atoms with Crippen molar-refractivity contribution in [2.75, 3.05) is 0 Å². The van der Waals surface area contributed by atoms with E-state index in [0.717, 1.165) is 55.9 Å². The molecule has 0 bridgehead atoms. The first-order valence-corrected chi connectivity index (χ1v) is 12.2. The number of thioether (sulfide) groups is 1. The SMILES string of the molecule is CCn1c(COc2ccc(C)cc2C)nnc1SCc1csc(-c2ccccc2Cl)n1. The summed E-state index contributed by atoms with van der Waals surface area (Å²) in [6.07, 6.45) is 0. The molecule has 8 heteroatoms. The number of halogens is 1. The van der Waals surface area contributed by atoms with E-state index < -0.39 is 0 Å². The maximum atomic E-state index is 6.30. The van der Waals surface area contributed by atoms with E-state index in [1.165, 1.54) is 5.56 Å². The summed E-state index contributed by atoms with van der Waals surface area (Å²) in [6, 6.07) is 14.0. The molecule has 31 heavy (non-hydrogen) atoms. The Hall–Kier alpha value is -2.35. The average molecular weight is 471 g/mol. The van der Waals surface area contributed by atoms with Gasteiger partial charge in [-0.2, -0.15) is 0 Å². The zero-order valence-corrected chi connectivity index (χ0v) is 20.0. The topological polar surface area (TPSA) is 52.8 Å². The lowest BCUT2D eigenvalue weighted by atomic mass is 10.1. The summed E-state index contributed by atoms with van der Waals surface area (Å²) in [5.41, 5.74) is 4.31. The molecule has 0 fully saturated rings. The number of benzene rings is 2. The molecule has 4 aromatic rings. The van der Waals surface area contributed by atoms with Gasteiger partial charge < -0.3 is 9.30 Å². The van der Waals surface area contributed by atoms with Crippen LogP contribution >= 0.6 is 34.7 Å². The smallest absolute Gasteiger partial charge is 0.191 e. The molecule has 0 N–H and O–H groups in total. The molecule has 0 atom stereocenters. The minimum Gasteiger partial charge on any atom is -0.485 e. The summed E-state index contributed by atoms with van der Waals surface area (Å²) < 4.78 is 8.10. The fourth-order valence-corrected chi connectivity index (χ4v) is 5.38. The van der Waals surface area contributed by atoms with Gasteiger partial charge in [-0.1, -0.05) is 59.3 Å². The number of aryl methyl sites for hydroxylation is 2. The summed E-state index contributed by atoms with van der Waals surface area (Å²) in [5, 5.41) is 13.3. The van der Waals surface area contributed by atoms with Crippen LogP contribution in [0.15, 0.2) is 53.0 Å². The predicted octanol–water partition coefficient (Wildman–Crippen LogP) is 6.56. The molecule has 0 aliphatic rings. The quantitative estimate of drug-likeness (QED) is 0.273. The first-order valence-electron chi connectivity index (χ1n) is 9.99. The molecule has 160 valence electrons. The lowest BCUT2D eigenvalue weighted by Gasteiger charge is -2.11. The molecular weight excluding hydrogens is 448 g/mol. The molecule has 2 aromatic heterocycles. The highest BCUT2D eigenvalue weighted by molar-refractivity contribution is 7.98. The summed E-state index contributed by atoms with van der Waals surface area (Å²) >= 11 is 9.54. The molecule has 0 spiro atoms. The van der Waals surface area contributed by atoms with Crippen LogP contribution in [-0.4, -0.2) is 19.7 Å². The maximum absolute atomic E-state index is 6.30. The number of aromatic nitrogens is 4. The monoisotopic (exact) mass is 470 g/mol. The van der Waals surface area contributed by atoms with Crippen molar-refractivity contribution >= 4 is 34.7 Å². The van der Waals surface area contributed by atoms with E-state index in [1.807, 2.05) is 30.3 Å². The van der Waals surface area contributed by atoms with E-state index in [1.54, 1.807) is 23.1 Å². The second-order valence-corrected chi connectivity index (χ2v) is 9.32. The number of thiazole rings is 1. The average Bonchev–Trinajstić information content (AvgIpc) is 3.38. The largest absolute Gasteiger partial charge is 0.485 e. The van der Waals surface area contributed by atoms with Crippen LogP contribution in [-0.2, 0) is 18.9 Å². The van der Waals surface area contributed by atoms with E-state index in [4.69, 9.17) is 21.3 Å². The number of rotatable bonds is 8. The molecule has 2 heterocycles. The maximum Gasteiger partial charge on any atom is 0.191 e. The number of ether oxygens (including phenoxy) is 1. The Balaban J connectivity index is 1.42. The normalized spacial score (nSPS) is 11.1. The van der Waals surface area contributed by atoms with Gasteiger partial charge in [-0.05, 0) is 38.5 Å². The fourth-order valence-electron chi connectivity index (χ4n) is 3.22. The number of hydrogen-bond acceptors (Lipinski definition) is 6. The highest BCUT2D eigenvalue weighted by atomic mass is 35.5. The van der Waals surface area contributed by atoms with Crippen molar-refractivity contribution in [3.63, 3.8) is 0 Å². The molecule has 0 aliphatic heterocycles. The number of hydrogen-bond donors (Lipinski definition) is 0. The van der Waals surface area contributed by atoms with E-state index in [2.05, 4.69) is 53.0 Å². The van der Waals surface area contributed by atoms with Crippen LogP contribution in [0.2, 0.25) is 5.02 Å². The van der Waals surface area contributed by atoms with Crippen LogP contribution in [0.25, 0.3) is 10.6 Å². The Morgan fingerprint density at radius 3 is 2.74 bits per heavy atom. The van der Waals surface area contributed by atoms with Crippen molar-refractivity contribution < 1.29 is 4.74 Å². The fraction of sp³-hybridized carbons (Fsp3) is 0.261. The second kappa shape index (κ2) is 9.85. The van der Waals surface area contributed by atoms with Crippen LogP contribution in [0, 0.1) is 13.8 Å². The first kappa shape index (κ1) is 21.9. The lowest BCUT2D eigenvalue weighted by molar-refractivity contribution is 0.286.